The Hall–Kier alpha value is -0.610. The number of anilines is 1. The molecule has 0 saturated heterocycles. The van der Waals surface area contributed by atoms with Crippen LogP contribution in [0.25, 0.3) is 0 Å². The number of rotatable bonds is 5. The zero-order chi connectivity index (χ0) is 13.8. The van der Waals surface area contributed by atoms with E-state index in [4.69, 9.17) is 23.2 Å². The normalized spacial score (nSPS) is 16.3. The number of halogens is 2. The van der Waals surface area contributed by atoms with E-state index >= 15 is 0 Å². The summed E-state index contributed by atoms with van der Waals surface area (Å²) in [4.78, 5) is 14.6. The molecule has 1 saturated carbocycles. The van der Waals surface area contributed by atoms with Crippen molar-refractivity contribution in [2.75, 3.05) is 11.4 Å². The van der Waals surface area contributed by atoms with Gasteiger partial charge >= 0.3 is 0 Å². The summed E-state index contributed by atoms with van der Waals surface area (Å²) in [5.74, 6) is 1.27. The van der Waals surface area contributed by atoms with E-state index in [0.717, 1.165) is 13.0 Å². The van der Waals surface area contributed by atoms with Crippen LogP contribution in [0.1, 0.15) is 46.0 Å². The standard InChI is InChI=1S/C13H20Cl2N4/c1-9(2)7-8-19(10-5-3-4-6-10)13-17-11(14)16-12(15)18-13/h9-10H,3-8H2,1-2H3. The molecule has 0 spiro atoms. The van der Waals surface area contributed by atoms with E-state index in [-0.39, 0.29) is 10.6 Å². The van der Waals surface area contributed by atoms with Crippen LogP contribution in [0.2, 0.25) is 10.6 Å². The van der Waals surface area contributed by atoms with Gasteiger partial charge in [-0.25, -0.2) is 0 Å². The van der Waals surface area contributed by atoms with Crippen molar-refractivity contribution in [3.8, 4) is 0 Å². The maximum absolute atomic E-state index is 5.89. The summed E-state index contributed by atoms with van der Waals surface area (Å²) >= 11 is 11.8. The van der Waals surface area contributed by atoms with Gasteiger partial charge in [0, 0.05) is 12.6 Å². The van der Waals surface area contributed by atoms with E-state index in [0.29, 0.717) is 17.9 Å². The summed E-state index contributed by atoms with van der Waals surface area (Å²) in [7, 11) is 0. The minimum absolute atomic E-state index is 0.169. The van der Waals surface area contributed by atoms with Gasteiger partial charge in [-0.2, -0.15) is 15.0 Å². The van der Waals surface area contributed by atoms with E-state index < -0.39 is 0 Å². The Morgan fingerprint density at radius 3 is 2.21 bits per heavy atom. The van der Waals surface area contributed by atoms with E-state index in [1.54, 1.807) is 0 Å². The highest BCUT2D eigenvalue weighted by Gasteiger charge is 2.25. The van der Waals surface area contributed by atoms with Gasteiger partial charge in [0.05, 0.1) is 0 Å². The molecule has 106 valence electrons. The minimum atomic E-state index is 0.169. The van der Waals surface area contributed by atoms with Crippen LogP contribution in [0.15, 0.2) is 0 Å². The Balaban J connectivity index is 2.19. The zero-order valence-electron chi connectivity index (χ0n) is 11.4. The lowest BCUT2D eigenvalue weighted by atomic mass is 10.1. The first-order chi connectivity index (χ1) is 9.06. The highest BCUT2D eigenvalue weighted by Crippen LogP contribution is 2.27. The van der Waals surface area contributed by atoms with Crippen molar-refractivity contribution in [1.82, 2.24) is 15.0 Å². The smallest absolute Gasteiger partial charge is 0.231 e. The molecule has 1 aromatic heterocycles. The van der Waals surface area contributed by atoms with Crippen LogP contribution in [0.4, 0.5) is 5.95 Å². The highest BCUT2D eigenvalue weighted by molar-refractivity contribution is 6.31. The summed E-state index contributed by atoms with van der Waals surface area (Å²) in [6.07, 6.45) is 6.04. The summed E-state index contributed by atoms with van der Waals surface area (Å²) in [5, 5.41) is 0.338. The van der Waals surface area contributed by atoms with Crippen LogP contribution in [0, 0.1) is 5.92 Å². The fraction of sp³-hybridized carbons (Fsp3) is 0.769. The molecule has 6 heteroatoms. The number of aromatic nitrogens is 3. The molecule has 1 aromatic rings. The van der Waals surface area contributed by atoms with Gasteiger partial charge in [-0.1, -0.05) is 26.7 Å². The molecule has 1 fully saturated rings. The first-order valence-electron chi connectivity index (χ1n) is 6.90. The van der Waals surface area contributed by atoms with Crippen LogP contribution in [-0.4, -0.2) is 27.5 Å². The number of hydrogen-bond acceptors (Lipinski definition) is 4. The Morgan fingerprint density at radius 1 is 1.11 bits per heavy atom. The summed E-state index contributed by atoms with van der Waals surface area (Å²) < 4.78 is 0. The van der Waals surface area contributed by atoms with E-state index in [2.05, 4.69) is 33.7 Å². The fourth-order valence-electron chi connectivity index (χ4n) is 2.50. The van der Waals surface area contributed by atoms with Crippen molar-refractivity contribution < 1.29 is 0 Å². The molecule has 19 heavy (non-hydrogen) atoms. The quantitative estimate of drug-likeness (QED) is 0.825. The Labute approximate surface area is 124 Å². The van der Waals surface area contributed by atoms with Crippen molar-refractivity contribution in [2.45, 2.75) is 52.0 Å². The molecule has 0 atom stereocenters. The van der Waals surface area contributed by atoms with Gasteiger partial charge in [-0.3, -0.25) is 0 Å². The average Bonchev–Trinajstić information content (AvgIpc) is 2.81. The maximum atomic E-state index is 5.89. The van der Waals surface area contributed by atoms with Gasteiger partial charge in [0.1, 0.15) is 0 Å². The molecule has 0 unspecified atom stereocenters. The predicted octanol–water partition coefficient (Wildman–Crippen LogP) is 3.97. The molecule has 0 aromatic carbocycles. The van der Waals surface area contributed by atoms with Crippen LogP contribution >= 0.6 is 23.2 Å². The van der Waals surface area contributed by atoms with Gasteiger partial charge in [0.15, 0.2) is 0 Å². The molecule has 4 nitrogen and oxygen atoms in total. The largest absolute Gasteiger partial charge is 0.338 e. The predicted molar refractivity (Wildman–Crippen MR) is 78.9 cm³/mol. The van der Waals surface area contributed by atoms with E-state index in [1.165, 1.54) is 25.7 Å². The fourth-order valence-corrected chi connectivity index (χ4v) is 2.86. The molecule has 0 aliphatic heterocycles. The molecule has 1 aliphatic carbocycles. The van der Waals surface area contributed by atoms with Gasteiger partial charge in [0.2, 0.25) is 16.5 Å². The number of nitrogens with zero attached hydrogens (tertiary/aromatic N) is 4. The van der Waals surface area contributed by atoms with E-state index in [1.807, 2.05) is 0 Å². The van der Waals surface area contributed by atoms with Crippen molar-refractivity contribution in [2.24, 2.45) is 5.92 Å². The lowest BCUT2D eigenvalue weighted by Gasteiger charge is -2.29. The number of hydrogen-bond donors (Lipinski definition) is 0. The van der Waals surface area contributed by atoms with Crippen LogP contribution < -0.4 is 4.90 Å². The third-order valence-corrected chi connectivity index (χ3v) is 3.88. The highest BCUT2D eigenvalue weighted by atomic mass is 35.5. The molecule has 0 bridgehead atoms. The van der Waals surface area contributed by atoms with Crippen LogP contribution in [0.3, 0.4) is 0 Å². The monoisotopic (exact) mass is 302 g/mol. The molecule has 1 heterocycles. The van der Waals surface area contributed by atoms with Crippen LogP contribution in [0.5, 0.6) is 0 Å². The lowest BCUT2D eigenvalue weighted by molar-refractivity contribution is 0.520. The third-order valence-electron chi connectivity index (χ3n) is 3.54. The van der Waals surface area contributed by atoms with Gasteiger partial charge in [0.25, 0.3) is 0 Å². The van der Waals surface area contributed by atoms with Gasteiger partial charge < -0.3 is 4.90 Å². The van der Waals surface area contributed by atoms with Crippen molar-refractivity contribution >= 4 is 29.2 Å². The summed E-state index contributed by atoms with van der Waals surface area (Å²) in [5.41, 5.74) is 0. The second-order valence-electron chi connectivity index (χ2n) is 5.49. The lowest BCUT2D eigenvalue weighted by Crippen LogP contribution is -2.36. The second-order valence-corrected chi connectivity index (χ2v) is 6.16. The van der Waals surface area contributed by atoms with Crippen molar-refractivity contribution in [3.05, 3.63) is 10.6 Å². The molecular formula is C13H20Cl2N4. The average molecular weight is 303 g/mol. The second kappa shape index (κ2) is 6.71. The van der Waals surface area contributed by atoms with Gasteiger partial charge in [-0.15, -0.1) is 0 Å². The maximum Gasteiger partial charge on any atom is 0.231 e. The van der Waals surface area contributed by atoms with Crippen molar-refractivity contribution in [3.63, 3.8) is 0 Å². The first kappa shape index (κ1) is 14.8. The summed E-state index contributed by atoms with van der Waals surface area (Å²) in [6, 6.07) is 0.508. The molecule has 0 amide bonds. The first-order valence-corrected chi connectivity index (χ1v) is 7.65. The van der Waals surface area contributed by atoms with Crippen molar-refractivity contribution in [1.29, 1.82) is 0 Å². The SMILES string of the molecule is CC(C)CCN(c1nc(Cl)nc(Cl)n1)C1CCCC1. The Morgan fingerprint density at radius 2 is 1.68 bits per heavy atom. The topological polar surface area (TPSA) is 41.9 Å². The molecular weight excluding hydrogens is 283 g/mol. The third kappa shape index (κ3) is 4.18. The Kier molecular flexibility index (Phi) is 5.22. The summed E-state index contributed by atoms with van der Waals surface area (Å²) in [6.45, 7) is 5.39. The molecule has 0 N–H and O–H groups in total. The van der Waals surface area contributed by atoms with Gasteiger partial charge in [-0.05, 0) is 48.4 Å². The molecule has 1 aliphatic rings. The van der Waals surface area contributed by atoms with E-state index in [9.17, 15) is 0 Å². The molecule has 2 rings (SSSR count). The molecule has 0 radical (unpaired) electrons. The zero-order valence-corrected chi connectivity index (χ0v) is 13.0. The Bertz CT molecular complexity index is 399. The minimum Gasteiger partial charge on any atom is -0.338 e. The van der Waals surface area contributed by atoms with Crippen LogP contribution in [-0.2, 0) is 0 Å².